The number of nitrogens with one attached hydrogen (secondary N) is 3. The van der Waals surface area contributed by atoms with Crippen molar-refractivity contribution in [3.8, 4) is 0 Å². The van der Waals surface area contributed by atoms with Crippen LogP contribution in [-0.2, 0) is 4.74 Å². The number of rotatable bonds is 11. The fraction of sp³-hybridized carbons (Fsp3) is 0.704. The number of carboxylic acid groups (broad SMARTS) is 1. The first kappa shape index (κ1) is 28.5. The summed E-state index contributed by atoms with van der Waals surface area (Å²) in [6, 6.07) is 7.71. The number of hydrogen-bond donors (Lipinski definition) is 4. The van der Waals surface area contributed by atoms with Gasteiger partial charge in [0.1, 0.15) is 0 Å². The van der Waals surface area contributed by atoms with E-state index in [1.807, 2.05) is 36.2 Å². The van der Waals surface area contributed by atoms with Crippen LogP contribution in [0, 0.1) is 11.8 Å². The van der Waals surface area contributed by atoms with Gasteiger partial charge in [0, 0.05) is 43.2 Å². The van der Waals surface area contributed by atoms with Crippen LogP contribution in [0.2, 0.25) is 5.02 Å². The maximum absolute atomic E-state index is 13.3. The van der Waals surface area contributed by atoms with Crippen molar-refractivity contribution in [2.24, 2.45) is 11.8 Å². The van der Waals surface area contributed by atoms with E-state index in [1.165, 1.54) is 38.5 Å². The predicted molar refractivity (Wildman–Crippen MR) is 143 cm³/mol. The number of urea groups is 1. The Labute approximate surface area is 220 Å². The molecule has 0 aromatic heterocycles. The van der Waals surface area contributed by atoms with Gasteiger partial charge >= 0.3 is 12.1 Å². The molecule has 1 saturated heterocycles. The highest BCUT2D eigenvalue weighted by Crippen LogP contribution is 2.34. The molecule has 1 heterocycles. The molecule has 1 saturated carbocycles. The van der Waals surface area contributed by atoms with Gasteiger partial charge in [-0.2, -0.15) is 0 Å². The first-order valence-electron chi connectivity index (χ1n) is 13.5. The number of halogens is 1. The molecular formula is C27H43ClN4O4. The van der Waals surface area contributed by atoms with Crippen LogP contribution in [0.5, 0.6) is 0 Å². The summed E-state index contributed by atoms with van der Waals surface area (Å²) in [6.07, 6.45) is 9.28. The van der Waals surface area contributed by atoms with E-state index in [4.69, 9.17) is 21.4 Å². The predicted octanol–water partition coefficient (Wildman–Crippen LogP) is 5.04. The standard InChI is InChI=1S/C27H43ClN4O4/c1-29-18-24(16-20-8-4-2-3-5-9-20)31-26(33)32-14-7-11-22(19-32)25(36-15-13-30-27(34)35)21-10-6-12-23(28)17-21/h6,10,12,17,20,22,24-25,29-30H,2-5,7-9,11,13-16,18-19H2,1H3,(H,31,33)(H,34,35). The number of carbonyl (C=O) groups is 2. The lowest BCUT2D eigenvalue weighted by Gasteiger charge is -2.38. The molecule has 3 unspecified atom stereocenters. The summed E-state index contributed by atoms with van der Waals surface area (Å²) in [5, 5.41) is 18.4. The van der Waals surface area contributed by atoms with Crippen molar-refractivity contribution in [2.45, 2.75) is 69.9 Å². The fourth-order valence-electron chi connectivity index (χ4n) is 5.68. The van der Waals surface area contributed by atoms with Crippen molar-refractivity contribution in [1.82, 2.24) is 20.9 Å². The third-order valence-electron chi connectivity index (χ3n) is 7.40. The molecule has 3 rings (SSSR count). The molecule has 1 aromatic carbocycles. The Kier molecular flexibility index (Phi) is 12.1. The van der Waals surface area contributed by atoms with Gasteiger partial charge in [0.25, 0.3) is 0 Å². The van der Waals surface area contributed by atoms with Gasteiger partial charge in [-0.1, -0.05) is 62.3 Å². The van der Waals surface area contributed by atoms with E-state index in [-0.39, 0.29) is 37.2 Å². The van der Waals surface area contributed by atoms with Crippen LogP contribution in [0.4, 0.5) is 9.59 Å². The number of likely N-dealkylation sites (N-methyl/N-ethyl adjacent to an activating group) is 1. The highest BCUT2D eigenvalue weighted by Gasteiger charge is 2.32. The van der Waals surface area contributed by atoms with E-state index < -0.39 is 6.09 Å². The van der Waals surface area contributed by atoms with Gasteiger partial charge in [0.2, 0.25) is 0 Å². The van der Waals surface area contributed by atoms with Gasteiger partial charge in [-0.15, -0.1) is 0 Å². The van der Waals surface area contributed by atoms with Crippen molar-refractivity contribution in [1.29, 1.82) is 0 Å². The largest absolute Gasteiger partial charge is 0.465 e. The Morgan fingerprint density at radius 2 is 1.94 bits per heavy atom. The molecule has 2 fully saturated rings. The summed E-state index contributed by atoms with van der Waals surface area (Å²) >= 11 is 6.26. The second kappa shape index (κ2) is 15.3. The minimum absolute atomic E-state index is 0.00837. The summed E-state index contributed by atoms with van der Waals surface area (Å²) in [4.78, 5) is 26.1. The van der Waals surface area contributed by atoms with Crippen LogP contribution in [0.3, 0.4) is 0 Å². The Morgan fingerprint density at radius 3 is 2.64 bits per heavy atom. The third kappa shape index (κ3) is 9.45. The number of ether oxygens (including phenoxy) is 1. The molecule has 202 valence electrons. The average Bonchev–Trinajstić information content (AvgIpc) is 3.13. The third-order valence-corrected chi connectivity index (χ3v) is 7.63. The minimum atomic E-state index is -1.07. The molecular weight excluding hydrogens is 480 g/mol. The molecule has 3 atom stereocenters. The lowest BCUT2D eigenvalue weighted by atomic mass is 9.88. The molecule has 3 amide bonds. The summed E-state index contributed by atoms with van der Waals surface area (Å²) in [5.74, 6) is 0.776. The number of hydrogen-bond acceptors (Lipinski definition) is 4. The van der Waals surface area contributed by atoms with E-state index in [1.54, 1.807) is 0 Å². The molecule has 2 aliphatic rings. The topological polar surface area (TPSA) is 103 Å². The molecule has 0 radical (unpaired) electrons. The normalized spacial score (nSPS) is 20.8. The molecule has 1 aromatic rings. The van der Waals surface area contributed by atoms with Crippen molar-refractivity contribution in [3.05, 3.63) is 34.9 Å². The van der Waals surface area contributed by atoms with Crippen LogP contribution >= 0.6 is 11.6 Å². The molecule has 36 heavy (non-hydrogen) atoms. The SMILES string of the molecule is CNCC(CC1CCCCCC1)NC(=O)N1CCCC(C(OCCNC(=O)O)c2cccc(Cl)c2)C1. The van der Waals surface area contributed by atoms with Crippen LogP contribution in [0.15, 0.2) is 24.3 Å². The maximum Gasteiger partial charge on any atom is 0.404 e. The lowest BCUT2D eigenvalue weighted by molar-refractivity contribution is -0.00850. The van der Waals surface area contributed by atoms with Crippen LogP contribution in [0.1, 0.15) is 69.5 Å². The Bertz CT molecular complexity index is 819. The van der Waals surface area contributed by atoms with Crippen LogP contribution in [-0.4, -0.2) is 68.0 Å². The fourth-order valence-corrected chi connectivity index (χ4v) is 5.88. The number of likely N-dealkylation sites (tertiary alicyclic amines) is 1. The first-order chi connectivity index (χ1) is 17.5. The van der Waals surface area contributed by atoms with E-state index in [9.17, 15) is 9.59 Å². The Morgan fingerprint density at radius 1 is 1.17 bits per heavy atom. The number of carbonyl (C=O) groups excluding carboxylic acids is 1. The molecule has 4 N–H and O–H groups in total. The monoisotopic (exact) mass is 522 g/mol. The highest BCUT2D eigenvalue weighted by molar-refractivity contribution is 6.30. The van der Waals surface area contributed by atoms with Crippen LogP contribution in [0.25, 0.3) is 0 Å². The van der Waals surface area contributed by atoms with Crippen LogP contribution < -0.4 is 16.0 Å². The van der Waals surface area contributed by atoms with E-state index in [0.717, 1.165) is 37.9 Å². The van der Waals surface area contributed by atoms with Crippen molar-refractivity contribution in [3.63, 3.8) is 0 Å². The minimum Gasteiger partial charge on any atom is -0.465 e. The number of piperidine rings is 1. The quantitative estimate of drug-likeness (QED) is 0.241. The van der Waals surface area contributed by atoms with Gasteiger partial charge in [-0.3, -0.25) is 0 Å². The lowest BCUT2D eigenvalue weighted by Crippen LogP contribution is -2.51. The second-order valence-corrected chi connectivity index (χ2v) is 10.7. The van der Waals surface area contributed by atoms with E-state index in [2.05, 4.69) is 16.0 Å². The highest BCUT2D eigenvalue weighted by atomic mass is 35.5. The molecule has 1 aliphatic carbocycles. The smallest absolute Gasteiger partial charge is 0.404 e. The molecule has 0 spiro atoms. The van der Waals surface area contributed by atoms with E-state index >= 15 is 0 Å². The zero-order valence-electron chi connectivity index (χ0n) is 21.5. The van der Waals surface area contributed by atoms with Gasteiger partial charge in [-0.05, 0) is 49.9 Å². The summed E-state index contributed by atoms with van der Waals surface area (Å²) in [7, 11) is 1.94. The van der Waals surface area contributed by atoms with E-state index in [0.29, 0.717) is 17.5 Å². The molecule has 1 aliphatic heterocycles. The Hall–Kier alpha value is -2.03. The van der Waals surface area contributed by atoms with Crippen molar-refractivity contribution < 1.29 is 19.4 Å². The number of amides is 3. The first-order valence-corrected chi connectivity index (χ1v) is 13.9. The number of nitrogens with zero attached hydrogens (tertiary/aromatic N) is 1. The average molecular weight is 523 g/mol. The van der Waals surface area contributed by atoms with Crippen molar-refractivity contribution >= 4 is 23.7 Å². The zero-order valence-corrected chi connectivity index (χ0v) is 22.3. The summed E-state index contributed by atoms with van der Waals surface area (Å²) < 4.78 is 6.18. The maximum atomic E-state index is 13.3. The van der Waals surface area contributed by atoms with Gasteiger partial charge in [-0.25, -0.2) is 9.59 Å². The Balaban J connectivity index is 1.62. The molecule has 0 bridgehead atoms. The molecule has 8 nitrogen and oxygen atoms in total. The zero-order chi connectivity index (χ0) is 25.8. The van der Waals surface area contributed by atoms with Crippen molar-refractivity contribution in [2.75, 3.05) is 39.8 Å². The van der Waals surface area contributed by atoms with Gasteiger partial charge in [0.05, 0.1) is 12.7 Å². The summed E-state index contributed by atoms with van der Waals surface area (Å²) in [6.45, 7) is 2.53. The number of benzene rings is 1. The van der Waals surface area contributed by atoms with Gasteiger partial charge < -0.3 is 30.7 Å². The molecule has 9 heteroatoms. The summed E-state index contributed by atoms with van der Waals surface area (Å²) in [5.41, 5.74) is 0.950. The van der Waals surface area contributed by atoms with Gasteiger partial charge in [0.15, 0.2) is 0 Å². The second-order valence-electron chi connectivity index (χ2n) is 10.2.